The molecule has 204 valence electrons. The van der Waals surface area contributed by atoms with E-state index in [0.29, 0.717) is 17.7 Å². The molecule has 3 aromatic carbocycles. The molecule has 1 aliphatic heterocycles. The maximum atomic E-state index is 13.1. The Hall–Kier alpha value is -3.26. The number of nitrogens with zero attached hydrogens (tertiary/aromatic N) is 1. The molecule has 6 nitrogen and oxygen atoms in total. The topological polar surface area (TPSA) is 70.7 Å². The molecule has 1 aromatic heterocycles. The summed E-state index contributed by atoms with van der Waals surface area (Å²) in [6.45, 7) is 7.41. The van der Waals surface area contributed by atoms with E-state index in [2.05, 4.69) is 69.3 Å². The van der Waals surface area contributed by atoms with Crippen molar-refractivity contribution in [1.29, 1.82) is 0 Å². The molecule has 0 radical (unpaired) electrons. The monoisotopic (exact) mass is 543 g/mol. The number of rotatable bonds is 8. The lowest BCUT2D eigenvalue weighted by Crippen LogP contribution is -2.66. The summed E-state index contributed by atoms with van der Waals surface area (Å²) in [7, 11) is -2.60. The Morgan fingerprint density at radius 1 is 0.897 bits per heavy atom. The first-order valence-corrected chi connectivity index (χ1v) is 15.7. The van der Waals surface area contributed by atoms with Gasteiger partial charge in [-0.15, -0.1) is 0 Å². The number of ether oxygens (including phenoxy) is 1. The standard InChI is InChI=1S/C32H37NO5Si/c1-32(2,3)39(26-15-6-4-7-16-26,27-17-8-5-9-18-27)36-22-21-24-13-12-14-25(37-24)23-30(34)33-28-19-10-11-20-29(28)38-31(33)35/h4-11,15-20,24-25H,12-14,21-23H2,1-3H3/t24-,25+/m0/s1. The van der Waals surface area contributed by atoms with Crippen molar-refractivity contribution in [3.63, 3.8) is 0 Å². The summed E-state index contributed by atoms with van der Waals surface area (Å²) in [6, 6.07) is 28.3. The minimum atomic E-state index is -2.60. The van der Waals surface area contributed by atoms with Crippen LogP contribution in [0.4, 0.5) is 0 Å². The smallest absolute Gasteiger partial charge is 0.407 e. The first kappa shape index (κ1) is 27.3. The number of hydrogen-bond donors (Lipinski definition) is 0. The van der Waals surface area contributed by atoms with Crippen molar-refractivity contribution in [3.05, 3.63) is 95.5 Å². The van der Waals surface area contributed by atoms with Crippen LogP contribution in [0.15, 0.2) is 94.1 Å². The Labute approximate surface area is 230 Å². The molecular weight excluding hydrogens is 506 g/mol. The number of hydrogen-bond acceptors (Lipinski definition) is 5. The molecule has 0 spiro atoms. The summed E-state index contributed by atoms with van der Waals surface area (Å²) in [5, 5.41) is 2.43. The molecule has 39 heavy (non-hydrogen) atoms. The number of oxazole rings is 1. The second-order valence-corrected chi connectivity index (χ2v) is 15.7. The molecule has 2 atom stereocenters. The molecule has 2 heterocycles. The van der Waals surface area contributed by atoms with Gasteiger partial charge in [0.15, 0.2) is 5.58 Å². The van der Waals surface area contributed by atoms with Gasteiger partial charge in [-0.05, 0) is 53.2 Å². The van der Waals surface area contributed by atoms with E-state index in [0.717, 1.165) is 30.3 Å². The van der Waals surface area contributed by atoms with Crippen LogP contribution in [-0.2, 0) is 9.16 Å². The van der Waals surface area contributed by atoms with Gasteiger partial charge in [0.2, 0.25) is 5.91 Å². The maximum absolute atomic E-state index is 13.1. The summed E-state index contributed by atoms with van der Waals surface area (Å²) >= 11 is 0. The first-order valence-electron chi connectivity index (χ1n) is 13.8. The van der Waals surface area contributed by atoms with E-state index in [1.54, 1.807) is 24.3 Å². The number of carbonyl (C=O) groups is 1. The SMILES string of the molecule is CC(C)(C)[Si](OCC[C@@H]1CCC[C@H](CC(=O)n2c(=O)oc3ccccc32)O1)(c1ccccc1)c1ccccc1. The van der Waals surface area contributed by atoms with E-state index < -0.39 is 14.1 Å². The highest BCUT2D eigenvalue weighted by Gasteiger charge is 2.50. The quantitative estimate of drug-likeness (QED) is 0.273. The van der Waals surface area contributed by atoms with Crippen molar-refractivity contribution in [3.8, 4) is 0 Å². The second-order valence-electron chi connectivity index (χ2n) is 11.4. The molecule has 0 saturated carbocycles. The highest BCUT2D eigenvalue weighted by atomic mass is 28.4. The largest absolute Gasteiger partial charge is 0.426 e. The van der Waals surface area contributed by atoms with Gasteiger partial charge in [0.25, 0.3) is 8.32 Å². The average molecular weight is 544 g/mol. The molecule has 0 aliphatic carbocycles. The van der Waals surface area contributed by atoms with E-state index in [-0.39, 0.29) is 29.6 Å². The lowest BCUT2D eigenvalue weighted by Gasteiger charge is -2.43. The predicted molar refractivity (Wildman–Crippen MR) is 156 cm³/mol. The molecule has 1 aliphatic rings. The van der Waals surface area contributed by atoms with Crippen LogP contribution in [0.5, 0.6) is 0 Å². The molecule has 0 N–H and O–H groups in total. The minimum Gasteiger partial charge on any atom is -0.407 e. The van der Waals surface area contributed by atoms with E-state index in [4.69, 9.17) is 13.6 Å². The van der Waals surface area contributed by atoms with Gasteiger partial charge >= 0.3 is 5.76 Å². The Kier molecular flexibility index (Phi) is 8.02. The van der Waals surface area contributed by atoms with Crippen LogP contribution in [0.2, 0.25) is 5.04 Å². The number of benzene rings is 3. The van der Waals surface area contributed by atoms with E-state index in [1.165, 1.54) is 10.4 Å². The van der Waals surface area contributed by atoms with Gasteiger partial charge in [-0.25, -0.2) is 9.36 Å². The molecule has 1 fully saturated rings. The van der Waals surface area contributed by atoms with Crippen molar-refractivity contribution >= 4 is 35.7 Å². The zero-order valence-corrected chi connectivity index (χ0v) is 24.0. The first-order chi connectivity index (χ1) is 18.8. The third kappa shape index (κ3) is 5.57. The van der Waals surface area contributed by atoms with Gasteiger partial charge in [-0.2, -0.15) is 0 Å². The zero-order chi connectivity index (χ0) is 27.5. The predicted octanol–water partition coefficient (Wildman–Crippen LogP) is 5.53. The van der Waals surface area contributed by atoms with Crippen LogP contribution in [0, 0.1) is 0 Å². The van der Waals surface area contributed by atoms with Crippen molar-refractivity contribution in [2.75, 3.05) is 6.61 Å². The van der Waals surface area contributed by atoms with E-state index in [1.807, 2.05) is 12.1 Å². The highest BCUT2D eigenvalue weighted by molar-refractivity contribution is 6.99. The summed E-state index contributed by atoms with van der Waals surface area (Å²) in [5.41, 5.74) is 0.914. The lowest BCUT2D eigenvalue weighted by molar-refractivity contribution is -0.0575. The van der Waals surface area contributed by atoms with Gasteiger partial charge in [0.05, 0.1) is 24.1 Å². The number of fused-ring (bicyclic) bond motifs is 1. The number of aromatic nitrogens is 1. The van der Waals surface area contributed by atoms with E-state index in [9.17, 15) is 9.59 Å². The van der Waals surface area contributed by atoms with Crippen LogP contribution < -0.4 is 16.1 Å². The molecule has 5 rings (SSSR count). The highest BCUT2D eigenvalue weighted by Crippen LogP contribution is 2.37. The van der Waals surface area contributed by atoms with Crippen molar-refractivity contribution in [2.24, 2.45) is 0 Å². The fourth-order valence-electron chi connectivity index (χ4n) is 5.94. The zero-order valence-electron chi connectivity index (χ0n) is 23.0. The Morgan fingerprint density at radius 2 is 1.49 bits per heavy atom. The molecule has 0 unspecified atom stereocenters. The van der Waals surface area contributed by atoms with Gasteiger partial charge in [-0.1, -0.05) is 93.6 Å². The molecule has 4 aromatic rings. The van der Waals surface area contributed by atoms with Gasteiger partial charge in [-0.3, -0.25) is 4.79 Å². The summed E-state index contributed by atoms with van der Waals surface area (Å²) < 4.78 is 19.8. The van der Waals surface area contributed by atoms with Gasteiger partial charge < -0.3 is 13.6 Å². The molecule has 0 bridgehead atoms. The average Bonchev–Trinajstić information content (AvgIpc) is 3.27. The van der Waals surface area contributed by atoms with Crippen LogP contribution in [-0.4, -0.2) is 37.6 Å². The van der Waals surface area contributed by atoms with Gasteiger partial charge in [0.1, 0.15) is 0 Å². The minimum absolute atomic E-state index is 0.00702. The van der Waals surface area contributed by atoms with Crippen LogP contribution >= 0.6 is 0 Å². The van der Waals surface area contributed by atoms with Crippen molar-refractivity contribution < 1.29 is 18.4 Å². The third-order valence-corrected chi connectivity index (χ3v) is 12.8. The molecule has 7 heteroatoms. The van der Waals surface area contributed by atoms with Crippen LogP contribution in [0.3, 0.4) is 0 Å². The third-order valence-electron chi connectivity index (χ3n) is 7.75. The lowest BCUT2D eigenvalue weighted by atomic mass is 10.00. The molecule has 1 saturated heterocycles. The van der Waals surface area contributed by atoms with Crippen LogP contribution in [0.25, 0.3) is 11.1 Å². The Balaban J connectivity index is 1.28. The summed E-state index contributed by atoms with van der Waals surface area (Å²) in [6.07, 6.45) is 3.38. The maximum Gasteiger partial charge on any atom is 0.426 e. The van der Waals surface area contributed by atoms with Crippen molar-refractivity contribution in [1.82, 2.24) is 4.57 Å². The number of carbonyl (C=O) groups excluding carboxylic acids is 1. The van der Waals surface area contributed by atoms with Crippen molar-refractivity contribution in [2.45, 2.75) is 70.1 Å². The van der Waals surface area contributed by atoms with E-state index >= 15 is 0 Å². The molecular formula is C32H37NO5Si. The summed E-state index contributed by atoms with van der Waals surface area (Å²) in [5.74, 6) is -0.938. The second kappa shape index (κ2) is 11.5. The Morgan fingerprint density at radius 3 is 2.13 bits per heavy atom. The van der Waals surface area contributed by atoms with Crippen LogP contribution in [0.1, 0.15) is 57.7 Å². The Bertz CT molecular complexity index is 1420. The fourth-order valence-corrected chi connectivity index (χ4v) is 10.5. The normalized spacial score (nSPS) is 18.3. The fraction of sp³-hybridized carbons (Fsp3) is 0.375. The summed E-state index contributed by atoms with van der Waals surface area (Å²) in [4.78, 5) is 25.4. The number of para-hydroxylation sites is 2. The van der Waals surface area contributed by atoms with Gasteiger partial charge in [0, 0.05) is 6.61 Å². The molecule has 0 amide bonds.